The second-order valence-electron chi connectivity index (χ2n) is 14.3. The number of piperazine rings is 1. The van der Waals surface area contributed by atoms with Gasteiger partial charge in [-0.05, 0) is 86.5 Å². The molecule has 4 fully saturated rings. The molecule has 5 aliphatic rings. The summed E-state index contributed by atoms with van der Waals surface area (Å²) in [7, 11) is 2.19. The van der Waals surface area contributed by atoms with Crippen LogP contribution in [-0.2, 0) is 22.3 Å². The Hall–Kier alpha value is -3.24. The number of halogens is 1. The summed E-state index contributed by atoms with van der Waals surface area (Å²) < 4.78 is 35.8. The summed E-state index contributed by atoms with van der Waals surface area (Å²) >= 11 is 0. The average molecular weight is 647 g/mol. The van der Waals surface area contributed by atoms with E-state index in [4.69, 9.17) is 4.74 Å². The van der Waals surface area contributed by atoms with E-state index in [9.17, 15) is 18.2 Å². The topological polar surface area (TPSA) is 83.9 Å². The molecular weight excluding hydrogens is 603 g/mol. The highest BCUT2D eigenvalue weighted by atomic mass is 32.2. The van der Waals surface area contributed by atoms with Crippen LogP contribution < -0.4 is 9.46 Å². The maximum Gasteiger partial charge on any atom is 0.263 e. The molecule has 8 nitrogen and oxygen atoms in total. The Balaban J connectivity index is 1.28. The lowest BCUT2D eigenvalue weighted by molar-refractivity contribution is -0.159. The number of carbonyl (C=O) groups excluding carboxylic acids is 2. The maximum absolute atomic E-state index is 14.8. The summed E-state index contributed by atoms with van der Waals surface area (Å²) in [4.78, 5) is 32.6. The van der Waals surface area contributed by atoms with E-state index < -0.39 is 29.0 Å². The molecule has 2 saturated heterocycles. The smallest absolute Gasteiger partial charge is 0.263 e. The minimum absolute atomic E-state index is 0.0807. The number of amides is 2. The van der Waals surface area contributed by atoms with Crippen LogP contribution in [0.3, 0.4) is 0 Å². The third-order valence-corrected chi connectivity index (χ3v) is 12.6. The van der Waals surface area contributed by atoms with Crippen LogP contribution in [0.5, 0.6) is 5.75 Å². The van der Waals surface area contributed by atoms with Crippen molar-refractivity contribution in [3.63, 3.8) is 0 Å². The van der Waals surface area contributed by atoms with Gasteiger partial charge in [-0.3, -0.25) is 18.7 Å². The number of methoxy groups -OCH3 is 1. The van der Waals surface area contributed by atoms with Crippen LogP contribution in [0.1, 0.15) is 84.7 Å². The first-order valence-electron chi connectivity index (χ1n) is 16.9. The maximum atomic E-state index is 14.8. The number of piperidine rings is 1. The number of likely N-dealkylation sites (N-methyl/N-ethyl adjacent to an activating group) is 1. The molecule has 3 aromatic rings. The molecule has 2 saturated carbocycles. The molecule has 0 spiro atoms. The van der Waals surface area contributed by atoms with E-state index >= 15 is 0 Å². The van der Waals surface area contributed by atoms with Gasteiger partial charge in [0.1, 0.15) is 16.7 Å². The molecule has 10 heteroatoms. The first kappa shape index (κ1) is 30.1. The van der Waals surface area contributed by atoms with Crippen LogP contribution in [-0.4, -0.2) is 82.1 Å². The quantitative estimate of drug-likeness (QED) is 0.349. The molecule has 1 N–H and O–H groups in total. The average Bonchev–Trinajstić information content (AvgIpc) is 3.73. The molecule has 2 amide bonds. The molecule has 2 bridgehead atoms. The van der Waals surface area contributed by atoms with Gasteiger partial charge in [-0.15, -0.1) is 0 Å². The monoisotopic (exact) mass is 646 g/mol. The molecule has 2 aliphatic carbocycles. The molecular formula is C36H43FN4O4S. The second kappa shape index (κ2) is 11.5. The number of likely N-dealkylation sites (tertiary alicyclic amines) is 2. The predicted molar refractivity (Wildman–Crippen MR) is 177 cm³/mol. The highest BCUT2D eigenvalue weighted by molar-refractivity contribution is 7.83. The SMILES string of the molecule is COc1ccc2c(c1)C1CC1(C(=O)N1C3CC1CN(C)C3)Cn1c-2c(C2CCCCC2)c2ccc(C(=O)NS(=O)CCCF)cc21. The Morgan fingerprint density at radius 3 is 2.61 bits per heavy atom. The summed E-state index contributed by atoms with van der Waals surface area (Å²) in [5.41, 5.74) is 5.66. The number of alkyl halides is 1. The van der Waals surface area contributed by atoms with Gasteiger partial charge >= 0.3 is 0 Å². The van der Waals surface area contributed by atoms with Gasteiger partial charge in [0.2, 0.25) is 5.91 Å². The third kappa shape index (κ3) is 4.73. The van der Waals surface area contributed by atoms with Crippen molar-refractivity contribution in [3.8, 4) is 17.0 Å². The molecule has 244 valence electrons. The van der Waals surface area contributed by atoms with Gasteiger partial charge in [0.05, 0.1) is 24.9 Å². The van der Waals surface area contributed by atoms with Crippen LogP contribution in [0.2, 0.25) is 0 Å². The Labute approximate surface area is 272 Å². The number of fused-ring (bicyclic) bond motifs is 9. The van der Waals surface area contributed by atoms with Gasteiger partial charge < -0.3 is 19.1 Å². The van der Waals surface area contributed by atoms with Gasteiger partial charge in [-0.25, -0.2) is 4.21 Å². The molecule has 5 atom stereocenters. The van der Waals surface area contributed by atoms with Crippen LogP contribution >= 0.6 is 0 Å². The van der Waals surface area contributed by atoms with Crippen LogP contribution in [0.4, 0.5) is 4.39 Å². The number of hydrogen-bond donors (Lipinski definition) is 1. The van der Waals surface area contributed by atoms with Gasteiger partial charge in [0, 0.05) is 65.4 Å². The van der Waals surface area contributed by atoms with Crippen molar-refractivity contribution in [3.05, 3.63) is 53.1 Å². The van der Waals surface area contributed by atoms with Gasteiger partial charge in [0.15, 0.2) is 0 Å². The predicted octanol–water partition coefficient (Wildman–Crippen LogP) is 5.52. The molecule has 4 heterocycles. The normalized spacial score (nSPS) is 27.5. The molecule has 46 heavy (non-hydrogen) atoms. The van der Waals surface area contributed by atoms with E-state index in [1.807, 2.05) is 18.2 Å². The Morgan fingerprint density at radius 2 is 1.87 bits per heavy atom. The van der Waals surface area contributed by atoms with Crippen molar-refractivity contribution in [1.29, 1.82) is 0 Å². The van der Waals surface area contributed by atoms with E-state index in [-0.39, 0.29) is 36.1 Å². The number of hydrogen-bond acceptors (Lipinski definition) is 5. The van der Waals surface area contributed by atoms with Gasteiger partial charge in [0.25, 0.3) is 5.91 Å². The van der Waals surface area contributed by atoms with Crippen LogP contribution in [0.25, 0.3) is 22.2 Å². The largest absolute Gasteiger partial charge is 0.497 e. The van der Waals surface area contributed by atoms with E-state index in [0.29, 0.717) is 18.0 Å². The van der Waals surface area contributed by atoms with Crippen LogP contribution in [0, 0.1) is 5.41 Å². The van der Waals surface area contributed by atoms with Crippen molar-refractivity contribution in [2.45, 2.75) is 81.8 Å². The fraction of sp³-hybridized carbons (Fsp3) is 0.556. The number of nitrogens with zero attached hydrogens (tertiary/aromatic N) is 3. The lowest BCUT2D eigenvalue weighted by Crippen LogP contribution is -2.70. The Bertz CT molecular complexity index is 1740. The zero-order valence-corrected chi connectivity index (χ0v) is 27.5. The number of ether oxygens (including phenoxy) is 1. The van der Waals surface area contributed by atoms with Crippen molar-refractivity contribution >= 4 is 33.7 Å². The van der Waals surface area contributed by atoms with E-state index in [0.717, 1.165) is 61.0 Å². The van der Waals surface area contributed by atoms with E-state index in [2.05, 4.69) is 44.3 Å². The Morgan fingerprint density at radius 1 is 1.09 bits per heavy atom. The van der Waals surface area contributed by atoms with Crippen molar-refractivity contribution < 1.29 is 22.9 Å². The molecule has 3 aliphatic heterocycles. The lowest BCUT2D eigenvalue weighted by atomic mass is 9.81. The van der Waals surface area contributed by atoms with E-state index in [1.54, 1.807) is 7.11 Å². The van der Waals surface area contributed by atoms with Crippen molar-refractivity contribution in [2.24, 2.45) is 5.41 Å². The van der Waals surface area contributed by atoms with Gasteiger partial charge in [-0.2, -0.15) is 0 Å². The second-order valence-corrected chi connectivity index (χ2v) is 15.6. The zero-order valence-electron chi connectivity index (χ0n) is 26.7. The number of nitrogens with one attached hydrogen (secondary N) is 1. The minimum Gasteiger partial charge on any atom is -0.497 e. The van der Waals surface area contributed by atoms with E-state index in [1.165, 1.54) is 36.1 Å². The van der Waals surface area contributed by atoms with Crippen LogP contribution in [0.15, 0.2) is 36.4 Å². The number of carbonyl (C=O) groups is 2. The third-order valence-electron chi connectivity index (χ3n) is 11.5. The zero-order chi connectivity index (χ0) is 31.7. The fourth-order valence-corrected chi connectivity index (χ4v) is 10.0. The number of rotatable bonds is 8. The number of benzene rings is 2. The highest BCUT2D eigenvalue weighted by Crippen LogP contribution is 2.67. The lowest BCUT2D eigenvalue weighted by Gasteiger charge is -2.56. The summed E-state index contributed by atoms with van der Waals surface area (Å²) in [6.45, 7) is 1.83. The standard InChI is InChI=1S/C36H43FN4O4S/c1-39-19-24-16-25(20-39)41(24)35(43)36-18-30(36)29-17-26(45-2)10-12-27(29)33-32(22-7-4-3-5-8-22)28-11-9-23(15-31(28)40(33)21-36)34(42)38-46(44)14-6-13-37/h9-12,15,17,22,24-25,30H,3-8,13-14,16,18-21H2,1-2H3,(H,38,42). The van der Waals surface area contributed by atoms with Crippen molar-refractivity contribution in [1.82, 2.24) is 19.1 Å². The summed E-state index contributed by atoms with van der Waals surface area (Å²) in [5, 5.41) is 1.13. The first-order chi connectivity index (χ1) is 22.3. The molecule has 8 rings (SSSR count). The molecule has 5 unspecified atom stereocenters. The summed E-state index contributed by atoms with van der Waals surface area (Å²) in [6.07, 6.45) is 7.87. The Kier molecular flexibility index (Phi) is 7.51. The number of aromatic nitrogens is 1. The molecule has 2 aromatic carbocycles. The first-order valence-corrected chi connectivity index (χ1v) is 18.3. The summed E-state index contributed by atoms with van der Waals surface area (Å²) in [6, 6.07) is 12.7. The molecule has 0 radical (unpaired) electrons. The highest BCUT2D eigenvalue weighted by Gasteiger charge is 2.66. The summed E-state index contributed by atoms with van der Waals surface area (Å²) in [5.74, 6) is 1.21. The van der Waals surface area contributed by atoms with Gasteiger partial charge in [-0.1, -0.05) is 25.3 Å². The minimum atomic E-state index is -1.65. The van der Waals surface area contributed by atoms with Crippen molar-refractivity contribution in [2.75, 3.05) is 39.7 Å². The molecule has 1 aromatic heterocycles. The fourth-order valence-electron chi connectivity index (χ4n) is 9.23.